The van der Waals surface area contributed by atoms with Crippen LogP contribution in [-0.2, 0) is 4.84 Å². The van der Waals surface area contributed by atoms with E-state index in [-0.39, 0.29) is 5.82 Å². The summed E-state index contributed by atoms with van der Waals surface area (Å²) in [6.07, 6.45) is 0. The molecule has 1 N–H and O–H groups in total. The highest BCUT2D eigenvalue weighted by Crippen LogP contribution is 2.20. The van der Waals surface area contributed by atoms with Gasteiger partial charge in [0.15, 0.2) is 5.82 Å². The maximum Gasteiger partial charge on any atom is 0.151 e. The van der Waals surface area contributed by atoms with Gasteiger partial charge in [0, 0.05) is 0 Å². The minimum absolute atomic E-state index is 0.329. The summed E-state index contributed by atoms with van der Waals surface area (Å²) >= 11 is 0. The molecule has 0 saturated carbocycles. The van der Waals surface area contributed by atoms with Gasteiger partial charge in [-0.3, -0.25) is 0 Å². The Morgan fingerprint density at radius 1 is 1.46 bits per heavy atom. The van der Waals surface area contributed by atoms with Crippen LogP contribution in [0.3, 0.4) is 0 Å². The van der Waals surface area contributed by atoms with E-state index < -0.39 is 0 Å². The Morgan fingerprint density at radius 2 is 2.23 bits per heavy atom. The molecule has 0 aliphatic carbocycles. The Hall–Kier alpha value is -1.55. The minimum atomic E-state index is -0.329. The van der Waals surface area contributed by atoms with Crippen molar-refractivity contribution in [3.63, 3.8) is 0 Å². The summed E-state index contributed by atoms with van der Waals surface area (Å²) < 4.78 is 13.2. The first-order valence-electron chi connectivity index (χ1n) is 3.91. The summed E-state index contributed by atoms with van der Waals surface area (Å²) in [7, 11) is 0. The Kier molecular flexibility index (Phi) is 1.90. The molecule has 0 amide bonds. The van der Waals surface area contributed by atoms with E-state index in [1.54, 1.807) is 18.2 Å². The summed E-state index contributed by atoms with van der Waals surface area (Å²) in [5.74, 6) is 0.243. The molecule has 13 heavy (non-hydrogen) atoms. The average Bonchev–Trinajstić information content (AvgIpc) is 2.53. The smallest absolute Gasteiger partial charge is 0.151 e. The summed E-state index contributed by atoms with van der Waals surface area (Å²) in [5, 5.41) is 1.28. The summed E-state index contributed by atoms with van der Waals surface area (Å²) in [6.45, 7) is 4.12. The van der Waals surface area contributed by atoms with Crippen LogP contribution in [-0.4, -0.2) is 6.54 Å². The van der Waals surface area contributed by atoms with Gasteiger partial charge in [-0.2, -0.15) is 5.43 Å². The van der Waals surface area contributed by atoms with Gasteiger partial charge in [0.05, 0.1) is 6.54 Å². The van der Waals surface area contributed by atoms with Gasteiger partial charge < -0.3 is 4.84 Å². The third kappa shape index (κ3) is 1.48. The lowest BCUT2D eigenvalue weighted by Crippen LogP contribution is -2.29. The zero-order valence-electron chi connectivity index (χ0n) is 6.96. The summed E-state index contributed by atoms with van der Waals surface area (Å²) in [4.78, 5) is 5.12. The number of anilines is 1. The first kappa shape index (κ1) is 8.07. The number of para-hydroxylation sites is 1. The van der Waals surface area contributed by atoms with E-state index in [9.17, 15) is 4.39 Å². The third-order valence-corrected chi connectivity index (χ3v) is 1.71. The van der Waals surface area contributed by atoms with Crippen LogP contribution in [0, 0.1) is 5.82 Å². The molecule has 68 valence electrons. The lowest BCUT2D eigenvalue weighted by Gasteiger charge is -2.15. The van der Waals surface area contributed by atoms with E-state index >= 15 is 0 Å². The maximum atomic E-state index is 13.2. The van der Waals surface area contributed by atoms with Crippen molar-refractivity contribution in [2.75, 3.05) is 11.7 Å². The van der Waals surface area contributed by atoms with Gasteiger partial charge in [-0.05, 0) is 12.1 Å². The van der Waals surface area contributed by atoms with E-state index in [4.69, 9.17) is 4.84 Å². The molecule has 1 aliphatic heterocycles. The summed E-state index contributed by atoms with van der Waals surface area (Å²) in [6, 6.07) is 6.37. The van der Waals surface area contributed by atoms with Crippen LogP contribution in [0.2, 0.25) is 0 Å². The molecular weight excluding hydrogens is 171 g/mol. The molecule has 1 aliphatic rings. The molecule has 1 aromatic rings. The second-order valence-electron chi connectivity index (χ2n) is 2.71. The molecule has 3 nitrogen and oxygen atoms in total. The fraction of sp³-hybridized carbons (Fsp3) is 0.111. The zero-order valence-corrected chi connectivity index (χ0v) is 6.96. The first-order valence-corrected chi connectivity index (χ1v) is 3.91. The van der Waals surface area contributed by atoms with Crippen molar-refractivity contribution in [1.82, 2.24) is 5.43 Å². The Morgan fingerprint density at radius 3 is 2.85 bits per heavy atom. The summed E-state index contributed by atoms with van der Waals surface area (Å²) in [5.41, 5.74) is 3.20. The number of hydrogen-bond acceptors (Lipinski definition) is 3. The fourth-order valence-corrected chi connectivity index (χ4v) is 1.10. The van der Waals surface area contributed by atoms with Crippen LogP contribution in [0.5, 0.6) is 0 Å². The number of nitrogens with zero attached hydrogens (tertiary/aromatic N) is 1. The SMILES string of the molecule is C=C1CNN(c2ccccc2F)O1. The molecule has 0 unspecified atom stereocenters. The number of rotatable bonds is 1. The molecule has 1 aromatic carbocycles. The molecular formula is C9H9FN2O. The van der Waals surface area contributed by atoms with Crippen molar-refractivity contribution < 1.29 is 9.23 Å². The standard InChI is InChI=1S/C9H9FN2O/c1-7-6-11-12(13-7)9-5-3-2-4-8(9)10/h2-5,11H,1,6H2. The van der Waals surface area contributed by atoms with Gasteiger partial charge in [0.25, 0.3) is 0 Å². The Balaban J connectivity index is 2.26. The third-order valence-electron chi connectivity index (χ3n) is 1.71. The van der Waals surface area contributed by atoms with Gasteiger partial charge in [0.2, 0.25) is 0 Å². The van der Waals surface area contributed by atoms with Gasteiger partial charge in [0.1, 0.15) is 11.4 Å². The predicted molar refractivity (Wildman–Crippen MR) is 47.1 cm³/mol. The second-order valence-corrected chi connectivity index (χ2v) is 2.71. The first-order chi connectivity index (χ1) is 6.27. The normalized spacial score (nSPS) is 16.1. The highest BCUT2D eigenvalue weighted by atomic mass is 19.1. The molecule has 2 rings (SSSR count). The van der Waals surface area contributed by atoms with E-state index in [0.29, 0.717) is 18.0 Å². The van der Waals surface area contributed by atoms with Crippen molar-refractivity contribution in [3.05, 3.63) is 42.4 Å². The van der Waals surface area contributed by atoms with Crippen LogP contribution in [0.1, 0.15) is 0 Å². The van der Waals surface area contributed by atoms with Crippen LogP contribution in [0.15, 0.2) is 36.6 Å². The maximum absolute atomic E-state index is 13.2. The van der Waals surface area contributed by atoms with Crippen molar-refractivity contribution >= 4 is 5.69 Å². The van der Waals surface area contributed by atoms with Crippen molar-refractivity contribution in [2.45, 2.75) is 0 Å². The topological polar surface area (TPSA) is 24.5 Å². The molecule has 0 spiro atoms. The van der Waals surface area contributed by atoms with Crippen molar-refractivity contribution in [2.24, 2.45) is 0 Å². The lowest BCUT2D eigenvalue weighted by atomic mass is 10.3. The molecule has 0 radical (unpaired) electrons. The average molecular weight is 180 g/mol. The molecule has 0 bridgehead atoms. The largest absolute Gasteiger partial charge is 0.367 e. The van der Waals surface area contributed by atoms with Crippen LogP contribution < -0.4 is 10.6 Å². The van der Waals surface area contributed by atoms with Gasteiger partial charge in [-0.15, -0.1) is 5.17 Å². The lowest BCUT2D eigenvalue weighted by molar-refractivity contribution is 0.210. The number of halogens is 1. The number of hydrogen-bond donors (Lipinski definition) is 1. The fourth-order valence-electron chi connectivity index (χ4n) is 1.10. The van der Waals surface area contributed by atoms with Gasteiger partial charge in [-0.25, -0.2) is 4.39 Å². The van der Waals surface area contributed by atoms with Gasteiger partial charge in [-0.1, -0.05) is 18.7 Å². The van der Waals surface area contributed by atoms with Gasteiger partial charge >= 0.3 is 0 Å². The molecule has 1 fully saturated rings. The van der Waals surface area contributed by atoms with E-state index in [0.717, 1.165) is 0 Å². The highest BCUT2D eigenvalue weighted by Gasteiger charge is 2.19. The molecule has 1 saturated heterocycles. The van der Waals surface area contributed by atoms with Crippen LogP contribution in [0.25, 0.3) is 0 Å². The quantitative estimate of drug-likeness (QED) is 0.710. The highest BCUT2D eigenvalue weighted by molar-refractivity contribution is 5.45. The molecule has 0 aromatic heterocycles. The Bertz CT molecular complexity index is 340. The van der Waals surface area contributed by atoms with E-state index in [2.05, 4.69) is 12.0 Å². The van der Waals surface area contributed by atoms with Crippen molar-refractivity contribution in [3.8, 4) is 0 Å². The predicted octanol–water partition coefficient (Wildman–Crippen LogP) is 1.60. The van der Waals surface area contributed by atoms with Crippen LogP contribution in [0.4, 0.5) is 10.1 Å². The second kappa shape index (κ2) is 3.06. The zero-order chi connectivity index (χ0) is 9.26. The van der Waals surface area contributed by atoms with E-state index in [1.807, 2.05) is 0 Å². The van der Waals surface area contributed by atoms with Crippen molar-refractivity contribution in [1.29, 1.82) is 0 Å². The van der Waals surface area contributed by atoms with E-state index in [1.165, 1.54) is 11.2 Å². The monoisotopic (exact) mass is 180 g/mol. The number of benzene rings is 1. The molecule has 4 heteroatoms. The van der Waals surface area contributed by atoms with Crippen LogP contribution >= 0.6 is 0 Å². The molecule has 0 atom stereocenters. The Labute approximate surface area is 75.3 Å². The molecule has 1 heterocycles. The minimum Gasteiger partial charge on any atom is -0.367 e. The number of hydrazine groups is 1. The number of nitrogens with one attached hydrogen (secondary N) is 1.